The molecule has 0 radical (unpaired) electrons. The number of likely N-dealkylation sites (N-methyl/N-ethyl adjacent to an activating group) is 1. The lowest BCUT2D eigenvalue weighted by Crippen LogP contribution is -2.55. The van der Waals surface area contributed by atoms with Crippen LogP contribution in [0, 0.1) is 5.92 Å². The zero-order chi connectivity index (χ0) is 15.1. The molecule has 4 rings (SSSR count). The number of benzene rings is 1. The van der Waals surface area contributed by atoms with Crippen molar-refractivity contribution in [3.8, 4) is 0 Å². The second kappa shape index (κ2) is 5.56. The van der Waals surface area contributed by atoms with Crippen LogP contribution in [0.15, 0.2) is 33.5 Å². The van der Waals surface area contributed by atoms with Crippen LogP contribution >= 0.6 is 0 Å². The van der Waals surface area contributed by atoms with Crippen LogP contribution in [0.1, 0.15) is 12.8 Å². The third-order valence-electron chi connectivity index (χ3n) is 5.22. The average Bonchev–Trinajstić information content (AvgIpc) is 2.83. The molecule has 5 heteroatoms. The highest BCUT2D eigenvalue weighted by Gasteiger charge is 2.32. The minimum Gasteiger partial charge on any atom is -0.408 e. The molecule has 2 unspecified atom stereocenters. The van der Waals surface area contributed by atoms with Crippen LogP contribution in [0.5, 0.6) is 0 Å². The van der Waals surface area contributed by atoms with E-state index in [2.05, 4.69) is 16.8 Å². The Morgan fingerprint density at radius 1 is 1.18 bits per heavy atom. The normalized spacial score (nSPS) is 27.1. The number of nitrogens with zero attached hydrogens (tertiary/aromatic N) is 3. The number of rotatable bonds is 2. The molecule has 0 spiro atoms. The smallest absolute Gasteiger partial charge is 0.408 e. The molecule has 0 amide bonds. The van der Waals surface area contributed by atoms with Crippen LogP contribution in [0.3, 0.4) is 0 Å². The van der Waals surface area contributed by atoms with Gasteiger partial charge in [0.15, 0.2) is 5.58 Å². The Kier molecular flexibility index (Phi) is 3.54. The standard InChI is InChI=1S/C17H23N3O2/c1-18-8-9-19-10-13(6-7-14(19)12-18)11-20-15-4-2-3-5-16(15)22-17(20)21/h2-5,13-14H,6-12H2,1H3. The van der Waals surface area contributed by atoms with Crippen LogP contribution in [-0.4, -0.2) is 53.6 Å². The van der Waals surface area contributed by atoms with Crippen LogP contribution in [-0.2, 0) is 6.54 Å². The first-order valence-corrected chi connectivity index (χ1v) is 8.21. The Balaban J connectivity index is 1.52. The SMILES string of the molecule is CN1CCN2CC(Cn3c(=O)oc4ccccc43)CCC2C1. The molecule has 22 heavy (non-hydrogen) atoms. The number of piperidine rings is 1. The molecule has 2 aliphatic rings. The largest absolute Gasteiger partial charge is 0.419 e. The van der Waals surface area contributed by atoms with E-state index in [-0.39, 0.29) is 5.76 Å². The summed E-state index contributed by atoms with van der Waals surface area (Å²) in [7, 11) is 2.21. The highest BCUT2D eigenvalue weighted by molar-refractivity contribution is 5.72. The monoisotopic (exact) mass is 301 g/mol. The first-order valence-electron chi connectivity index (χ1n) is 8.21. The Labute approximate surface area is 130 Å². The van der Waals surface area contributed by atoms with Crippen molar-refractivity contribution in [2.75, 3.05) is 33.2 Å². The molecule has 2 aromatic rings. The summed E-state index contributed by atoms with van der Waals surface area (Å²) >= 11 is 0. The van der Waals surface area contributed by atoms with E-state index in [1.165, 1.54) is 19.4 Å². The number of fused-ring (bicyclic) bond motifs is 2. The third kappa shape index (κ3) is 2.48. The Hall–Kier alpha value is -1.59. The van der Waals surface area contributed by atoms with Crippen molar-refractivity contribution in [3.05, 3.63) is 34.8 Å². The Morgan fingerprint density at radius 3 is 2.95 bits per heavy atom. The summed E-state index contributed by atoms with van der Waals surface area (Å²) in [6.45, 7) is 5.36. The van der Waals surface area contributed by atoms with E-state index in [4.69, 9.17) is 4.42 Å². The number of hydrogen-bond donors (Lipinski definition) is 0. The predicted molar refractivity (Wildman–Crippen MR) is 86.1 cm³/mol. The maximum Gasteiger partial charge on any atom is 0.419 e. The minimum atomic E-state index is -0.221. The number of hydrogen-bond acceptors (Lipinski definition) is 4. The van der Waals surface area contributed by atoms with Crippen molar-refractivity contribution in [1.82, 2.24) is 14.4 Å². The van der Waals surface area contributed by atoms with Crippen LogP contribution < -0.4 is 5.76 Å². The maximum atomic E-state index is 12.1. The maximum absolute atomic E-state index is 12.1. The summed E-state index contributed by atoms with van der Waals surface area (Å²) in [5.74, 6) is 0.320. The summed E-state index contributed by atoms with van der Waals surface area (Å²) in [6.07, 6.45) is 2.43. The lowest BCUT2D eigenvalue weighted by atomic mass is 9.91. The number of oxazole rings is 1. The molecular formula is C17H23N3O2. The highest BCUT2D eigenvalue weighted by Crippen LogP contribution is 2.26. The van der Waals surface area contributed by atoms with E-state index in [0.717, 1.165) is 31.7 Å². The van der Waals surface area contributed by atoms with E-state index in [1.54, 1.807) is 0 Å². The summed E-state index contributed by atoms with van der Waals surface area (Å²) in [5.41, 5.74) is 1.62. The molecule has 1 aromatic heterocycles. The van der Waals surface area contributed by atoms with Gasteiger partial charge in [-0.2, -0.15) is 0 Å². The molecule has 0 bridgehead atoms. The molecule has 118 valence electrons. The van der Waals surface area contributed by atoms with E-state index in [0.29, 0.717) is 17.5 Å². The van der Waals surface area contributed by atoms with Gasteiger partial charge in [0.25, 0.3) is 0 Å². The minimum absolute atomic E-state index is 0.221. The van der Waals surface area contributed by atoms with Crippen LogP contribution in [0.25, 0.3) is 11.1 Å². The lowest BCUT2D eigenvalue weighted by molar-refractivity contribution is 0.0344. The van der Waals surface area contributed by atoms with Crippen LogP contribution in [0.2, 0.25) is 0 Å². The molecule has 2 aliphatic heterocycles. The fourth-order valence-electron chi connectivity index (χ4n) is 4.01. The second-order valence-electron chi connectivity index (χ2n) is 6.80. The van der Waals surface area contributed by atoms with E-state index in [1.807, 2.05) is 28.8 Å². The van der Waals surface area contributed by atoms with E-state index in [9.17, 15) is 4.79 Å². The summed E-state index contributed by atoms with van der Waals surface area (Å²) in [4.78, 5) is 17.2. The van der Waals surface area contributed by atoms with E-state index < -0.39 is 0 Å². The van der Waals surface area contributed by atoms with Gasteiger partial charge in [0, 0.05) is 38.8 Å². The van der Waals surface area contributed by atoms with Crippen molar-refractivity contribution in [1.29, 1.82) is 0 Å². The second-order valence-corrected chi connectivity index (χ2v) is 6.80. The molecule has 3 heterocycles. The first kappa shape index (κ1) is 14.0. The fraction of sp³-hybridized carbons (Fsp3) is 0.588. The van der Waals surface area contributed by atoms with Crippen molar-refractivity contribution < 1.29 is 4.42 Å². The zero-order valence-electron chi connectivity index (χ0n) is 13.1. The number of aromatic nitrogens is 1. The summed E-state index contributed by atoms with van der Waals surface area (Å²) in [5, 5.41) is 0. The van der Waals surface area contributed by atoms with Crippen molar-refractivity contribution in [3.63, 3.8) is 0 Å². The van der Waals surface area contributed by atoms with Gasteiger partial charge in [-0.1, -0.05) is 12.1 Å². The van der Waals surface area contributed by atoms with Gasteiger partial charge in [-0.25, -0.2) is 4.79 Å². The van der Waals surface area contributed by atoms with Gasteiger partial charge in [-0.05, 0) is 37.9 Å². The summed E-state index contributed by atoms with van der Waals surface area (Å²) in [6, 6.07) is 8.41. The molecule has 0 aliphatic carbocycles. The lowest BCUT2D eigenvalue weighted by Gasteiger charge is -2.45. The van der Waals surface area contributed by atoms with Gasteiger partial charge < -0.3 is 9.32 Å². The number of para-hydroxylation sites is 2. The number of piperazine rings is 1. The molecule has 2 saturated heterocycles. The highest BCUT2D eigenvalue weighted by atomic mass is 16.4. The summed E-state index contributed by atoms with van der Waals surface area (Å²) < 4.78 is 7.16. The average molecular weight is 301 g/mol. The molecule has 0 N–H and O–H groups in total. The third-order valence-corrected chi connectivity index (χ3v) is 5.22. The van der Waals surface area contributed by atoms with Gasteiger partial charge in [-0.15, -0.1) is 0 Å². The molecule has 1 aromatic carbocycles. The predicted octanol–water partition coefficient (Wildman–Crippen LogP) is 1.62. The molecule has 5 nitrogen and oxygen atoms in total. The molecule has 2 fully saturated rings. The zero-order valence-corrected chi connectivity index (χ0v) is 13.1. The van der Waals surface area contributed by atoms with Crippen molar-refractivity contribution in [2.24, 2.45) is 5.92 Å². The fourth-order valence-corrected chi connectivity index (χ4v) is 4.01. The van der Waals surface area contributed by atoms with Crippen molar-refractivity contribution in [2.45, 2.75) is 25.4 Å². The van der Waals surface area contributed by atoms with Crippen molar-refractivity contribution >= 4 is 11.1 Å². The quantitative estimate of drug-likeness (QED) is 0.845. The van der Waals surface area contributed by atoms with Gasteiger partial charge in [0.1, 0.15) is 0 Å². The van der Waals surface area contributed by atoms with Gasteiger partial charge >= 0.3 is 5.76 Å². The Bertz CT molecular complexity index is 720. The van der Waals surface area contributed by atoms with Crippen LogP contribution in [0.4, 0.5) is 0 Å². The molecular weight excluding hydrogens is 278 g/mol. The van der Waals surface area contributed by atoms with E-state index >= 15 is 0 Å². The van der Waals surface area contributed by atoms with Gasteiger partial charge in [-0.3, -0.25) is 9.47 Å². The van der Waals surface area contributed by atoms with Gasteiger partial charge in [0.05, 0.1) is 5.52 Å². The first-order chi connectivity index (χ1) is 10.7. The molecule has 0 saturated carbocycles. The van der Waals surface area contributed by atoms with Gasteiger partial charge in [0.2, 0.25) is 0 Å². The molecule has 2 atom stereocenters. The Morgan fingerprint density at radius 2 is 2.05 bits per heavy atom. The topological polar surface area (TPSA) is 41.6 Å².